The van der Waals surface area contributed by atoms with E-state index in [0.717, 1.165) is 5.56 Å². The van der Waals surface area contributed by atoms with Gasteiger partial charge in [0.25, 0.3) is 0 Å². The number of urea groups is 1. The van der Waals surface area contributed by atoms with Crippen LogP contribution in [0, 0.1) is 5.92 Å². The van der Waals surface area contributed by atoms with E-state index >= 15 is 0 Å². The van der Waals surface area contributed by atoms with Gasteiger partial charge in [-0.3, -0.25) is 0 Å². The Morgan fingerprint density at radius 1 is 1.35 bits per heavy atom. The lowest BCUT2D eigenvalue weighted by Crippen LogP contribution is -2.41. The molecule has 3 heteroatoms. The lowest BCUT2D eigenvalue weighted by molar-refractivity contribution is 0.183. The first-order valence-electron chi connectivity index (χ1n) is 7.35. The lowest BCUT2D eigenvalue weighted by Gasteiger charge is -2.26. The molecule has 1 saturated carbocycles. The van der Waals surface area contributed by atoms with Crippen LogP contribution in [0.15, 0.2) is 42.1 Å². The average Bonchev–Trinajstić information content (AvgIpc) is 3.27. The number of amides is 2. The zero-order valence-electron chi connectivity index (χ0n) is 12.6. The van der Waals surface area contributed by atoms with Crippen LogP contribution < -0.4 is 5.32 Å². The fraction of sp³-hybridized carbons (Fsp3) is 0.471. The van der Waals surface area contributed by atoms with Crippen molar-refractivity contribution in [2.45, 2.75) is 46.2 Å². The Morgan fingerprint density at radius 3 is 2.55 bits per heavy atom. The maximum absolute atomic E-state index is 12.3. The first-order chi connectivity index (χ1) is 9.58. The third-order valence-electron chi connectivity index (χ3n) is 3.72. The topological polar surface area (TPSA) is 32.3 Å². The number of rotatable bonds is 5. The standard InChI is InChI=1S/C17H24N2O/c1-13(2)19(12-15-7-5-4-6-8-15)17(20)18-11-14(3)16-9-10-16/h4-8,11,13,16H,9-10,12H2,1-3H3,(H,18,20)/b14-11+. The van der Waals surface area contributed by atoms with Gasteiger partial charge in [0.2, 0.25) is 0 Å². The third-order valence-corrected chi connectivity index (χ3v) is 3.72. The molecular formula is C17H24N2O. The molecule has 1 aromatic carbocycles. The minimum atomic E-state index is -0.0242. The largest absolute Gasteiger partial charge is 0.321 e. The van der Waals surface area contributed by atoms with Gasteiger partial charge in [-0.15, -0.1) is 0 Å². The smallest absolute Gasteiger partial charge is 0.318 e. The van der Waals surface area contributed by atoms with Gasteiger partial charge in [0.15, 0.2) is 0 Å². The van der Waals surface area contributed by atoms with Crippen molar-refractivity contribution in [3.8, 4) is 0 Å². The quantitative estimate of drug-likeness (QED) is 0.865. The molecule has 1 aliphatic rings. The van der Waals surface area contributed by atoms with Crippen molar-refractivity contribution in [2.75, 3.05) is 0 Å². The van der Waals surface area contributed by atoms with Crippen LogP contribution in [-0.4, -0.2) is 17.0 Å². The predicted molar refractivity (Wildman–Crippen MR) is 82.1 cm³/mol. The Kier molecular flexibility index (Phi) is 4.83. The highest BCUT2D eigenvalue weighted by atomic mass is 16.2. The highest BCUT2D eigenvalue weighted by Crippen LogP contribution is 2.35. The summed E-state index contributed by atoms with van der Waals surface area (Å²) in [5.74, 6) is 0.692. The molecule has 0 bridgehead atoms. The first-order valence-corrected chi connectivity index (χ1v) is 7.35. The van der Waals surface area contributed by atoms with E-state index in [4.69, 9.17) is 0 Å². The van der Waals surface area contributed by atoms with Crippen molar-refractivity contribution >= 4 is 6.03 Å². The Morgan fingerprint density at radius 2 is 2.00 bits per heavy atom. The minimum absolute atomic E-state index is 0.0242. The van der Waals surface area contributed by atoms with Gasteiger partial charge in [-0.05, 0) is 45.1 Å². The van der Waals surface area contributed by atoms with Gasteiger partial charge in [-0.25, -0.2) is 4.79 Å². The second-order valence-electron chi connectivity index (χ2n) is 5.82. The maximum Gasteiger partial charge on any atom is 0.321 e. The normalized spacial score (nSPS) is 15.3. The van der Waals surface area contributed by atoms with Crippen molar-refractivity contribution < 1.29 is 4.79 Å². The summed E-state index contributed by atoms with van der Waals surface area (Å²) in [5, 5.41) is 2.93. The van der Waals surface area contributed by atoms with Gasteiger partial charge in [-0.2, -0.15) is 0 Å². The van der Waals surface area contributed by atoms with E-state index in [1.165, 1.54) is 18.4 Å². The van der Waals surface area contributed by atoms with E-state index in [9.17, 15) is 4.79 Å². The highest BCUT2D eigenvalue weighted by molar-refractivity contribution is 5.75. The molecule has 0 unspecified atom stereocenters. The van der Waals surface area contributed by atoms with E-state index < -0.39 is 0 Å². The molecule has 0 aliphatic heterocycles. The summed E-state index contributed by atoms with van der Waals surface area (Å²) < 4.78 is 0. The van der Waals surface area contributed by atoms with Crippen LogP contribution in [0.25, 0.3) is 0 Å². The zero-order chi connectivity index (χ0) is 14.5. The van der Waals surface area contributed by atoms with Crippen LogP contribution in [0.1, 0.15) is 39.2 Å². The molecule has 1 aliphatic carbocycles. The van der Waals surface area contributed by atoms with Crippen LogP contribution in [0.5, 0.6) is 0 Å². The van der Waals surface area contributed by atoms with E-state index in [0.29, 0.717) is 12.5 Å². The highest BCUT2D eigenvalue weighted by Gasteiger charge is 2.23. The zero-order valence-corrected chi connectivity index (χ0v) is 12.6. The van der Waals surface area contributed by atoms with Crippen molar-refractivity contribution in [1.29, 1.82) is 0 Å². The first kappa shape index (κ1) is 14.6. The number of nitrogens with one attached hydrogen (secondary N) is 1. The second kappa shape index (κ2) is 6.60. The number of benzene rings is 1. The molecule has 0 saturated heterocycles. The summed E-state index contributed by atoms with van der Waals surface area (Å²) in [7, 11) is 0. The Hall–Kier alpha value is -1.77. The molecule has 2 amide bonds. The molecule has 0 spiro atoms. The van der Waals surface area contributed by atoms with Gasteiger partial charge in [0.05, 0.1) is 0 Å². The van der Waals surface area contributed by atoms with Gasteiger partial charge >= 0.3 is 6.03 Å². The summed E-state index contributed by atoms with van der Waals surface area (Å²) >= 11 is 0. The van der Waals surface area contributed by atoms with Crippen molar-refractivity contribution in [3.63, 3.8) is 0 Å². The van der Waals surface area contributed by atoms with Crippen LogP contribution in [0.4, 0.5) is 4.79 Å². The summed E-state index contributed by atoms with van der Waals surface area (Å²) in [6.07, 6.45) is 4.40. The minimum Gasteiger partial charge on any atom is -0.318 e. The van der Waals surface area contributed by atoms with Crippen molar-refractivity contribution in [2.24, 2.45) is 5.92 Å². The molecule has 0 atom stereocenters. The lowest BCUT2D eigenvalue weighted by atomic mass is 10.2. The molecule has 2 rings (SSSR count). The molecule has 1 fully saturated rings. The van der Waals surface area contributed by atoms with E-state index in [1.807, 2.05) is 55.3 Å². The van der Waals surface area contributed by atoms with Crippen LogP contribution >= 0.6 is 0 Å². The van der Waals surface area contributed by atoms with Crippen LogP contribution in [0.3, 0.4) is 0 Å². The molecule has 0 heterocycles. The number of carbonyl (C=O) groups is 1. The summed E-state index contributed by atoms with van der Waals surface area (Å²) in [4.78, 5) is 14.2. The summed E-state index contributed by atoms with van der Waals surface area (Å²) in [5.41, 5.74) is 2.43. The number of carbonyl (C=O) groups excluding carboxylic acids is 1. The number of allylic oxidation sites excluding steroid dienone is 1. The molecule has 108 valence electrons. The fourth-order valence-electron chi connectivity index (χ4n) is 2.18. The Balaban J connectivity index is 1.97. The SMILES string of the molecule is C/C(=C\NC(=O)N(Cc1ccccc1)C(C)C)C1CC1. The molecule has 1 aromatic rings. The molecule has 1 N–H and O–H groups in total. The Labute approximate surface area is 121 Å². The number of hydrogen-bond donors (Lipinski definition) is 1. The predicted octanol–water partition coefficient (Wildman–Crippen LogP) is 3.92. The number of nitrogens with zero attached hydrogens (tertiary/aromatic N) is 1. The average molecular weight is 272 g/mol. The number of hydrogen-bond acceptors (Lipinski definition) is 1. The fourth-order valence-corrected chi connectivity index (χ4v) is 2.18. The maximum atomic E-state index is 12.3. The van der Waals surface area contributed by atoms with Gasteiger partial charge in [0, 0.05) is 18.8 Å². The van der Waals surface area contributed by atoms with Gasteiger partial charge in [0.1, 0.15) is 0 Å². The Bertz CT molecular complexity index is 475. The summed E-state index contributed by atoms with van der Waals surface area (Å²) in [6, 6.07) is 10.2. The van der Waals surface area contributed by atoms with E-state index in [-0.39, 0.29) is 12.1 Å². The molecule has 3 nitrogen and oxygen atoms in total. The van der Waals surface area contributed by atoms with Gasteiger partial charge < -0.3 is 10.2 Å². The van der Waals surface area contributed by atoms with E-state index in [2.05, 4.69) is 12.2 Å². The van der Waals surface area contributed by atoms with Crippen molar-refractivity contribution in [1.82, 2.24) is 10.2 Å². The molecule has 0 aromatic heterocycles. The second-order valence-corrected chi connectivity index (χ2v) is 5.82. The third kappa shape index (κ3) is 4.12. The van der Waals surface area contributed by atoms with Gasteiger partial charge in [-0.1, -0.05) is 35.9 Å². The van der Waals surface area contributed by atoms with Crippen molar-refractivity contribution in [3.05, 3.63) is 47.7 Å². The molecule has 0 radical (unpaired) electrons. The molecule has 20 heavy (non-hydrogen) atoms. The van der Waals surface area contributed by atoms with Crippen LogP contribution in [-0.2, 0) is 6.54 Å². The molecular weight excluding hydrogens is 248 g/mol. The van der Waals surface area contributed by atoms with E-state index in [1.54, 1.807) is 0 Å². The monoisotopic (exact) mass is 272 g/mol. The summed E-state index contributed by atoms with van der Waals surface area (Å²) in [6.45, 7) is 6.81. The van der Waals surface area contributed by atoms with Crippen LogP contribution in [0.2, 0.25) is 0 Å².